The predicted octanol–water partition coefficient (Wildman–Crippen LogP) is 8.01. The number of carbonyl (C=O) groups is 6. The number of anilines is 3. The fraction of sp³-hybridized carbons (Fsp3) is 0.152. The molecule has 0 spiro atoms. The monoisotopic (exact) mass is 810 g/mol. The van der Waals surface area contributed by atoms with Crippen LogP contribution in [0.25, 0.3) is 6.08 Å². The number of allylic oxidation sites excluding steroid dienone is 1. The molecule has 0 fully saturated rings. The van der Waals surface area contributed by atoms with E-state index in [2.05, 4.69) is 16.0 Å². The van der Waals surface area contributed by atoms with Crippen molar-refractivity contribution in [2.75, 3.05) is 16.0 Å². The molecule has 1 atom stereocenters. The van der Waals surface area contributed by atoms with E-state index in [1.165, 1.54) is 68.4 Å². The number of phenolic OH excluding ortho intramolecular Hbond substituents is 1. The molecule has 0 saturated carbocycles. The smallest absolute Gasteiger partial charge is 0.339 e. The lowest BCUT2D eigenvalue weighted by molar-refractivity contribution is -0.119. The van der Waals surface area contributed by atoms with Gasteiger partial charge in [0.1, 0.15) is 22.9 Å². The van der Waals surface area contributed by atoms with Crippen molar-refractivity contribution in [3.8, 4) is 17.6 Å². The predicted molar refractivity (Wildman–Crippen MR) is 221 cm³/mol. The summed E-state index contributed by atoms with van der Waals surface area (Å²) in [6.45, 7) is 4.58. The van der Waals surface area contributed by atoms with Crippen molar-refractivity contribution in [2.45, 2.75) is 40.0 Å². The average molecular weight is 811 g/mol. The lowest BCUT2D eigenvalue weighted by Gasteiger charge is -2.15. The first-order valence-electron chi connectivity index (χ1n) is 18.4. The van der Waals surface area contributed by atoms with Gasteiger partial charge < -0.3 is 31.3 Å². The van der Waals surface area contributed by atoms with E-state index in [0.717, 1.165) is 6.07 Å². The van der Waals surface area contributed by atoms with Gasteiger partial charge >= 0.3 is 5.97 Å². The molecule has 1 unspecified atom stereocenters. The van der Waals surface area contributed by atoms with Crippen LogP contribution in [0.15, 0.2) is 103 Å². The van der Waals surface area contributed by atoms with Crippen LogP contribution in [0.4, 0.5) is 21.5 Å². The van der Waals surface area contributed by atoms with Gasteiger partial charge in [-0.15, -0.1) is 0 Å². The zero-order valence-corrected chi connectivity index (χ0v) is 32.6. The van der Waals surface area contributed by atoms with Crippen LogP contribution in [0.2, 0.25) is 0 Å². The van der Waals surface area contributed by atoms with Crippen molar-refractivity contribution in [2.24, 2.45) is 5.92 Å². The Hall–Kier alpha value is -7.92. The molecule has 0 aliphatic carbocycles. The summed E-state index contributed by atoms with van der Waals surface area (Å²) in [5, 5.41) is 47.5. The number of phenols is 2. The van der Waals surface area contributed by atoms with Crippen LogP contribution in [0.3, 0.4) is 0 Å². The van der Waals surface area contributed by atoms with E-state index in [1.54, 1.807) is 49.4 Å². The Morgan fingerprint density at radius 1 is 0.717 bits per heavy atom. The summed E-state index contributed by atoms with van der Waals surface area (Å²) in [6, 6.07) is 25.1. The summed E-state index contributed by atoms with van der Waals surface area (Å²) in [4.78, 5) is 76.5. The number of benzene rings is 5. The largest absolute Gasteiger partial charge is 0.507 e. The second-order valence-corrected chi connectivity index (χ2v) is 13.9. The summed E-state index contributed by atoms with van der Waals surface area (Å²) in [6.07, 6.45) is 1.26. The third kappa shape index (κ3) is 10.5. The van der Waals surface area contributed by atoms with Crippen LogP contribution in [-0.2, 0) is 16.0 Å². The lowest BCUT2D eigenvalue weighted by atomic mass is 9.94. The number of ketones is 2. The third-order valence-corrected chi connectivity index (χ3v) is 9.72. The number of hydrogen-bond acceptors (Lipinski definition) is 9. The van der Waals surface area contributed by atoms with Crippen molar-refractivity contribution in [3.63, 3.8) is 0 Å². The molecule has 13 nitrogen and oxygen atoms in total. The number of carboxylic acid groups (broad SMARTS) is 1. The van der Waals surface area contributed by atoms with Gasteiger partial charge in [-0.05, 0) is 104 Å². The number of aromatic hydroxyl groups is 2. The number of Topliss-reactive ketones (excluding diaryl/α,β-unsaturated/α-hetero) is 2. The zero-order valence-electron chi connectivity index (χ0n) is 32.6. The van der Waals surface area contributed by atoms with Gasteiger partial charge in [-0.2, -0.15) is 5.26 Å². The molecule has 0 aliphatic heterocycles. The fourth-order valence-corrected chi connectivity index (χ4v) is 6.09. The Labute approximate surface area is 343 Å². The van der Waals surface area contributed by atoms with Crippen molar-refractivity contribution in [1.29, 1.82) is 5.26 Å². The lowest BCUT2D eigenvalue weighted by Crippen LogP contribution is -2.25. The van der Waals surface area contributed by atoms with Crippen molar-refractivity contribution < 1.29 is 48.5 Å². The molecule has 5 rings (SSSR count). The van der Waals surface area contributed by atoms with Crippen LogP contribution in [0.5, 0.6) is 11.5 Å². The van der Waals surface area contributed by atoms with Crippen LogP contribution in [0.1, 0.15) is 83.5 Å². The van der Waals surface area contributed by atoms with Crippen LogP contribution < -0.4 is 16.0 Å². The standard InChI is InChI=1S/C46H39FN4O9/c1-25(22-28-6-12-33(47)13-7-28)39(52)23-29-4-8-30(9-5-29)40(53)24-32(20-21-48)44(57)49-34-14-10-31(11-15-34)43(56)50-37-18-16-35(41(54)26(37)2)45(58)51-38-19-17-36(46(59)60)42(55)27(38)3/h4-19,22,32,54-55H,20,23-24H2,1-3H3,(H,49,57)(H,50,56)(H,51,58)(H,59,60)/b25-22+. The maximum absolute atomic E-state index is 13.2. The average Bonchev–Trinajstić information content (AvgIpc) is 3.22. The van der Waals surface area contributed by atoms with Crippen LogP contribution in [0, 0.1) is 36.9 Å². The number of rotatable bonds is 15. The Bertz CT molecular complexity index is 2580. The maximum atomic E-state index is 13.2. The molecule has 6 N–H and O–H groups in total. The summed E-state index contributed by atoms with van der Waals surface area (Å²) >= 11 is 0. The Morgan fingerprint density at radius 3 is 1.85 bits per heavy atom. The molecule has 0 saturated heterocycles. The molecule has 0 aromatic heterocycles. The Kier molecular flexibility index (Phi) is 13.7. The van der Waals surface area contributed by atoms with E-state index in [9.17, 15) is 53.7 Å². The third-order valence-electron chi connectivity index (χ3n) is 9.72. The second-order valence-electron chi connectivity index (χ2n) is 13.9. The number of amides is 3. The van der Waals surface area contributed by atoms with Crippen LogP contribution >= 0.6 is 0 Å². The minimum atomic E-state index is -1.34. The van der Waals surface area contributed by atoms with E-state index >= 15 is 0 Å². The first-order chi connectivity index (χ1) is 28.6. The first-order valence-corrected chi connectivity index (χ1v) is 18.4. The van der Waals surface area contributed by atoms with Gasteiger partial charge in [-0.1, -0.05) is 36.4 Å². The Balaban J connectivity index is 1.16. The van der Waals surface area contributed by atoms with Gasteiger partial charge in [0, 0.05) is 58.6 Å². The zero-order chi connectivity index (χ0) is 43.7. The number of hydrogen-bond donors (Lipinski definition) is 6. The normalized spacial score (nSPS) is 11.5. The quantitative estimate of drug-likeness (QED) is 0.0441. The van der Waals surface area contributed by atoms with E-state index in [1.807, 2.05) is 6.07 Å². The molecule has 14 heteroatoms. The van der Waals surface area contributed by atoms with Gasteiger partial charge in [0.2, 0.25) is 5.91 Å². The van der Waals surface area contributed by atoms with Gasteiger partial charge in [0.25, 0.3) is 11.8 Å². The molecular formula is C46H39FN4O9. The topological polar surface area (TPSA) is 223 Å². The van der Waals surface area contributed by atoms with E-state index < -0.39 is 41.1 Å². The van der Waals surface area contributed by atoms with Gasteiger partial charge in [-0.3, -0.25) is 24.0 Å². The number of nitrogens with zero attached hydrogens (tertiary/aromatic N) is 1. The molecule has 60 heavy (non-hydrogen) atoms. The summed E-state index contributed by atoms with van der Waals surface area (Å²) in [5.41, 5.74) is 2.76. The first kappa shape index (κ1) is 43.2. The Morgan fingerprint density at radius 2 is 1.27 bits per heavy atom. The molecule has 0 heterocycles. The highest BCUT2D eigenvalue weighted by Crippen LogP contribution is 2.33. The number of carbonyl (C=O) groups excluding carboxylic acids is 5. The minimum absolute atomic E-state index is 0.0823. The molecule has 304 valence electrons. The highest BCUT2D eigenvalue weighted by Gasteiger charge is 2.24. The van der Waals surface area contributed by atoms with E-state index in [4.69, 9.17) is 0 Å². The molecule has 3 amide bonds. The number of nitriles is 1. The number of aromatic carboxylic acids is 1. The minimum Gasteiger partial charge on any atom is -0.507 e. The van der Waals surface area contributed by atoms with Gasteiger partial charge in [0.15, 0.2) is 11.6 Å². The highest BCUT2D eigenvalue weighted by molar-refractivity contribution is 6.09. The molecule has 5 aromatic carbocycles. The molecule has 5 aromatic rings. The number of halogens is 1. The highest BCUT2D eigenvalue weighted by atomic mass is 19.1. The summed E-state index contributed by atoms with van der Waals surface area (Å²) in [7, 11) is 0. The SMILES string of the molecule is C/C(=C\c1ccc(F)cc1)C(=O)Cc1ccc(C(=O)CC(CC#N)C(=O)Nc2ccc(C(=O)Nc3ccc(C(=O)Nc4ccc(C(=O)O)c(O)c4C)c(O)c3C)cc2)cc1. The van der Waals surface area contributed by atoms with Crippen molar-refractivity contribution in [1.82, 2.24) is 0 Å². The van der Waals surface area contributed by atoms with E-state index in [-0.39, 0.29) is 75.8 Å². The summed E-state index contributed by atoms with van der Waals surface area (Å²) < 4.78 is 13.2. The van der Waals surface area contributed by atoms with Gasteiger partial charge in [-0.25, -0.2) is 9.18 Å². The summed E-state index contributed by atoms with van der Waals surface area (Å²) in [5.74, 6) is -6.06. The second kappa shape index (κ2) is 19.0. The van der Waals surface area contributed by atoms with E-state index in [0.29, 0.717) is 28.0 Å². The van der Waals surface area contributed by atoms with Gasteiger partial charge in [0.05, 0.1) is 17.6 Å². The molecule has 0 aliphatic rings. The molecular weight excluding hydrogens is 772 g/mol. The van der Waals surface area contributed by atoms with Crippen molar-refractivity contribution >= 4 is 58.4 Å². The van der Waals surface area contributed by atoms with Crippen molar-refractivity contribution in [3.05, 3.63) is 153 Å². The number of carboxylic acids is 1. The fourth-order valence-electron chi connectivity index (χ4n) is 6.09. The molecule has 0 radical (unpaired) electrons. The number of nitrogens with one attached hydrogen (secondary N) is 3. The molecule has 0 bridgehead atoms. The maximum Gasteiger partial charge on any atom is 0.339 e. The van der Waals surface area contributed by atoms with Crippen LogP contribution in [-0.4, -0.2) is 50.6 Å².